The maximum absolute atomic E-state index is 12.9. The molecule has 0 saturated carbocycles. The van der Waals surface area contributed by atoms with Crippen molar-refractivity contribution >= 4 is 13.3 Å². The first kappa shape index (κ1) is 7.81. The maximum Gasteiger partial charge on any atom is 0.139 e. The fraction of sp³-hybridized carbons (Fsp3) is 0.125. The van der Waals surface area contributed by atoms with Gasteiger partial charge in [0.15, 0.2) is 0 Å². The summed E-state index contributed by atoms with van der Waals surface area (Å²) in [6.45, 7) is 0. The molecule has 0 fully saturated rings. The summed E-state index contributed by atoms with van der Waals surface area (Å²) in [5.41, 5.74) is 1.35. The Morgan fingerprint density at radius 3 is 2.82 bits per heavy atom. The average molecular weight is 147 g/mol. The molecule has 0 aromatic heterocycles. The summed E-state index contributed by atoms with van der Waals surface area (Å²) in [6, 6.07) is 6.75. The molecular weight excluding hydrogens is 140 g/mol. The molecule has 1 aromatic rings. The zero-order chi connectivity index (χ0) is 8.27. The van der Waals surface area contributed by atoms with Crippen molar-refractivity contribution in [2.75, 3.05) is 0 Å². The van der Waals surface area contributed by atoms with Crippen LogP contribution in [-0.2, 0) is 6.42 Å². The summed E-state index contributed by atoms with van der Waals surface area (Å²) in [5, 5.41) is 8.35. The third kappa shape index (κ3) is 1.59. The van der Waals surface area contributed by atoms with Crippen molar-refractivity contribution in [3.05, 3.63) is 29.6 Å². The summed E-state index contributed by atoms with van der Waals surface area (Å²) >= 11 is 0. The van der Waals surface area contributed by atoms with E-state index in [-0.39, 0.29) is 12.2 Å². The molecule has 3 heteroatoms. The number of benzene rings is 1. The Morgan fingerprint density at radius 2 is 2.27 bits per heavy atom. The lowest BCUT2D eigenvalue weighted by Gasteiger charge is -2.00. The summed E-state index contributed by atoms with van der Waals surface area (Å²) in [7, 11) is 1.80. The molecule has 54 valence electrons. The normalized spacial score (nSPS) is 9.09. The van der Waals surface area contributed by atoms with Crippen molar-refractivity contribution in [1.82, 2.24) is 0 Å². The third-order valence-electron chi connectivity index (χ3n) is 1.61. The van der Waals surface area contributed by atoms with Crippen molar-refractivity contribution in [3.63, 3.8) is 0 Å². The van der Waals surface area contributed by atoms with E-state index in [2.05, 4.69) is 0 Å². The van der Waals surface area contributed by atoms with E-state index in [1.807, 2.05) is 6.07 Å². The molecule has 0 radical (unpaired) electrons. The monoisotopic (exact) mass is 147 g/mol. The van der Waals surface area contributed by atoms with Crippen molar-refractivity contribution in [3.8, 4) is 6.07 Å². The van der Waals surface area contributed by atoms with Gasteiger partial charge in [-0.2, -0.15) is 5.26 Å². The van der Waals surface area contributed by atoms with Crippen molar-refractivity contribution < 1.29 is 4.39 Å². The van der Waals surface area contributed by atoms with Crippen LogP contribution < -0.4 is 5.46 Å². The number of hydrogen-bond acceptors (Lipinski definition) is 1. The van der Waals surface area contributed by atoms with E-state index in [9.17, 15) is 4.39 Å². The predicted octanol–water partition coefficient (Wildman–Crippen LogP) is 0.150. The quantitative estimate of drug-likeness (QED) is 0.518. The van der Waals surface area contributed by atoms with Gasteiger partial charge in [-0.05, 0) is 11.6 Å². The minimum absolute atomic E-state index is 0.151. The minimum atomic E-state index is -0.286. The molecule has 0 unspecified atom stereocenters. The van der Waals surface area contributed by atoms with E-state index in [0.29, 0.717) is 5.56 Å². The van der Waals surface area contributed by atoms with Crippen LogP contribution in [0, 0.1) is 17.1 Å². The fourth-order valence-corrected chi connectivity index (χ4v) is 0.969. The van der Waals surface area contributed by atoms with Crippen LogP contribution in [-0.4, -0.2) is 7.85 Å². The summed E-state index contributed by atoms with van der Waals surface area (Å²) < 4.78 is 12.9. The van der Waals surface area contributed by atoms with Crippen LogP contribution in [0.1, 0.15) is 5.56 Å². The van der Waals surface area contributed by atoms with E-state index in [1.165, 1.54) is 6.07 Å². The van der Waals surface area contributed by atoms with Crippen LogP contribution in [0.2, 0.25) is 0 Å². The molecule has 0 aliphatic rings. The first-order chi connectivity index (χ1) is 5.25. The first-order valence-electron chi connectivity index (χ1n) is 3.36. The molecule has 0 amide bonds. The zero-order valence-corrected chi connectivity index (χ0v) is 6.26. The van der Waals surface area contributed by atoms with Crippen LogP contribution in [0.5, 0.6) is 0 Å². The number of rotatable bonds is 1. The molecule has 11 heavy (non-hydrogen) atoms. The largest absolute Gasteiger partial charge is 0.207 e. The highest BCUT2D eigenvalue weighted by Crippen LogP contribution is 2.02. The highest BCUT2D eigenvalue weighted by molar-refractivity contribution is 6.33. The Labute approximate surface area is 65.9 Å². The standard InChI is InChI=1S/C8H7BFN/c9-7-2-1-3-8(10)6(7)4-5-11/h1-3H,4,9H2. The van der Waals surface area contributed by atoms with E-state index in [4.69, 9.17) is 5.26 Å². The molecule has 1 aromatic carbocycles. The Hall–Kier alpha value is -1.30. The van der Waals surface area contributed by atoms with Gasteiger partial charge in [-0.25, -0.2) is 4.39 Å². The summed E-state index contributed by atoms with van der Waals surface area (Å²) in [4.78, 5) is 0. The van der Waals surface area contributed by atoms with Crippen LogP contribution in [0.4, 0.5) is 4.39 Å². The van der Waals surface area contributed by atoms with E-state index < -0.39 is 0 Å². The second-order valence-electron chi connectivity index (χ2n) is 2.37. The lowest BCUT2D eigenvalue weighted by Crippen LogP contribution is -2.11. The number of halogens is 1. The van der Waals surface area contributed by atoms with Gasteiger partial charge in [0.2, 0.25) is 0 Å². The topological polar surface area (TPSA) is 23.8 Å². The summed E-state index contributed by atoms with van der Waals surface area (Å²) in [5.74, 6) is -0.286. The van der Waals surface area contributed by atoms with Gasteiger partial charge >= 0.3 is 0 Å². The van der Waals surface area contributed by atoms with Gasteiger partial charge in [-0.1, -0.05) is 17.6 Å². The number of nitrogens with zero attached hydrogens (tertiary/aromatic N) is 1. The molecule has 0 bridgehead atoms. The van der Waals surface area contributed by atoms with E-state index in [1.54, 1.807) is 20.0 Å². The SMILES string of the molecule is Bc1cccc(F)c1CC#N. The molecule has 1 nitrogen and oxygen atoms in total. The molecule has 0 saturated heterocycles. The molecule has 0 aliphatic heterocycles. The summed E-state index contributed by atoms with van der Waals surface area (Å²) in [6.07, 6.45) is 0.151. The molecular formula is C8H7BFN. The van der Waals surface area contributed by atoms with Gasteiger partial charge < -0.3 is 0 Å². The van der Waals surface area contributed by atoms with Gasteiger partial charge in [0.25, 0.3) is 0 Å². The molecule has 0 atom stereocenters. The van der Waals surface area contributed by atoms with Crippen LogP contribution in [0.25, 0.3) is 0 Å². The predicted molar refractivity (Wildman–Crippen MR) is 43.9 cm³/mol. The Morgan fingerprint density at radius 1 is 1.55 bits per heavy atom. The Kier molecular flexibility index (Phi) is 2.27. The van der Waals surface area contributed by atoms with Gasteiger partial charge in [0, 0.05) is 0 Å². The van der Waals surface area contributed by atoms with E-state index in [0.717, 1.165) is 5.46 Å². The fourth-order valence-electron chi connectivity index (χ4n) is 0.969. The Bertz CT molecular complexity index is 283. The van der Waals surface area contributed by atoms with Crippen LogP contribution >= 0.6 is 0 Å². The number of nitriles is 1. The highest BCUT2D eigenvalue weighted by atomic mass is 19.1. The maximum atomic E-state index is 12.9. The molecule has 0 spiro atoms. The van der Waals surface area contributed by atoms with Crippen LogP contribution in [0.15, 0.2) is 18.2 Å². The Balaban J connectivity index is 3.12. The lowest BCUT2D eigenvalue weighted by molar-refractivity contribution is 0.617. The van der Waals surface area contributed by atoms with Gasteiger partial charge in [0.1, 0.15) is 13.7 Å². The third-order valence-corrected chi connectivity index (χ3v) is 1.61. The van der Waals surface area contributed by atoms with Gasteiger partial charge in [-0.3, -0.25) is 0 Å². The average Bonchev–Trinajstić information content (AvgIpc) is 1.97. The lowest BCUT2D eigenvalue weighted by atomic mass is 9.89. The van der Waals surface area contributed by atoms with Gasteiger partial charge in [-0.15, -0.1) is 0 Å². The second-order valence-corrected chi connectivity index (χ2v) is 2.37. The second kappa shape index (κ2) is 3.20. The van der Waals surface area contributed by atoms with Crippen molar-refractivity contribution in [1.29, 1.82) is 5.26 Å². The minimum Gasteiger partial charge on any atom is -0.207 e. The number of hydrogen-bond donors (Lipinski definition) is 0. The zero-order valence-electron chi connectivity index (χ0n) is 6.26. The molecule has 1 rings (SSSR count). The van der Waals surface area contributed by atoms with E-state index >= 15 is 0 Å². The molecule has 0 heterocycles. The van der Waals surface area contributed by atoms with Crippen molar-refractivity contribution in [2.24, 2.45) is 0 Å². The first-order valence-corrected chi connectivity index (χ1v) is 3.36. The van der Waals surface area contributed by atoms with Gasteiger partial charge in [0.05, 0.1) is 12.5 Å². The van der Waals surface area contributed by atoms with Crippen molar-refractivity contribution in [2.45, 2.75) is 6.42 Å². The smallest absolute Gasteiger partial charge is 0.139 e. The highest BCUT2D eigenvalue weighted by Gasteiger charge is 2.02. The molecule has 0 N–H and O–H groups in total. The van der Waals surface area contributed by atoms with Crippen LogP contribution in [0.3, 0.4) is 0 Å². The molecule has 0 aliphatic carbocycles.